The lowest BCUT2D eigenvalue weighted by Crippen LogP contribution is -2.73. The molecule has 13 nitrogen and oxygen atoms in total. The number of nitrogens with one attached hydrogen (secondary N) is 1. The molecule has 52 heavy (non-hydrogen) atoms. The second-order valence-electron chi connectivity index (χ2n) is 14.1. The Kier molecular flexibility index (Phi) is 10.8. The monoisotopic (exact) mass is 732 g/mol. The number of allylic oxidation sites excluding steroid dienone is 1. The zero-order valence-corrected chi connectivity index (χ0v) is 30.6. The van der Waals surface area contributed by atoms with E-state index in [0.29, 0.717) is 55.6 Å². The number of alkyl carbamates (subject to hydrolysis) is 1. The fraction of sp³-hybridized carbons (Fsp3) is 0.447. The van der Waals surface area contributed by atoms with E-state index >= 15 is 0 Å². The minimum absolute atomic E-state index is 0.0819. The quantitative estimate of drug-likeness (QED) is 0.183. The molecular formula is C38H44N4O9S. The maximum Gasteiger partial charge on any atom is 0.409 e. The van der Waals surface area contributed by atoms with Crippen molar-refractivity contribution in [3.8, 4) is 0 Å². The van der Waals surface area contributed by atoms with E-state index in [1.165, 1.54) is 0 Å². The van der Waals surface area contributed by atoms with Crippen molar-refractivity contribution in [3.63, 3.8) is 0 Å². The lowest BCUT2D eigenvalue weighted by Gasteiger charge is -2.49. The number of amides is 4. The van der Waals surface area contributed by atoms with Crippen LogP contribution in [0.25, 0.3) is 0 Å². The first-order valence-corrected chi connectivity index (χ1v) is 18.9. The number of carbonyl (C=O) groups is 5. The Balaban J connectivity index is 1.30. The van der Waals surface area contributed by atoms with Gasteiger partial charge in [-0.2, -0.15) is 0 Å². The predicted octanol–water partition coefficient (Wildman–Crippen LogP) is 4.18. The largest absolute Gasteiger partial charge is 0.450 e. The molecule has 0 aromatic heterocycles. The Bertz CT molecular complexity index is 1760. The highest BCUT2D eigenvalue weighted by Gasteiger charge is 2.58. The summed E-state index contributed by atoms with van der Waals surface area (Å²) >= 11 is 0. The van der Waals surface area contributed by atoms with Crippen molar-refractivity contribution in [2.24, 2.45) is 0 Å². The molecule has 0 saturated carbocycles. The first kappa shape index (κ1) is 36.8. The molecule has 2 aromatic rings. The van der Waals surface area contributed by atoms with Gasteiger partial charge in [0.2, 0.25) is 5.91 Å². The molecule has 4 amide bonds. The van der Waals surface area contributed by atoms with Gasteiger partial charge in [0.15, 0.2) is 6.10 Å². The fourth-order valence-electron chi connectivity index (χ4n) is 6.99. The second kappa shape index (κ2) is 15.3. The van der Waals surface area contributed by atoms with Gasteiger partial charge in [-0.05, 0) is 69.7 Å². The van der Waals surface area contributed by atoms with Gasteiger partial charge < -0.3 is 29.3 Å². The molecule has 0 spiro atoms. The van der Waals surface area contributed by atoms with Gasteiger partial charge in [0.1, 0.15) is 22.7 Å². The molecule has 0 aliphatic carbocycles. The summed E-state index contributed by atoms with van der Waals surface area (Å²) in [6.07, 6.45) is 1.10. The van der Waals surface area contributed by atoms with E-state index < -0.39 is 51.9 Å². The smallest absolute Gasteiger partial charge is 0.409 e. The maximum atomic E-state index is 14.4. The van der Waals surface area contributed by atoms with Crippen molar-refractivity contribution in [2.75, 3.05) is 32.0 Å². The van der Waals surface area contributed by atoms with Crippen LogP contribution in [0.3, 0.4) is 0 Å². The number of carbonyl (C=O) groups excluding carboxylic acids is 5. The topological polar surface area (TPSA) is 152 Å². The van der Waals surface area contributed by atoms with E-state index in [9.17, 15) is 28.2 Å². The number of β-lactam (4-membered cyclic amide) rings is 1. The highest BCUT2D eigenvalue weighted by molar-refractivity contribution is 7.86. The number of hydrogen-bond acceptors (Lipinski definition) is 9. The van der Waals surface area contributed by atoms with Crippen LogP contribution < -0.4 is 5.32 Å². The summed E-state index contributed by atoms with van der Waals surface area (Å²) in [4.78, 5) is 71.3. The zero-order chi connectivity index (χ0) is 37.2. The standard InChI is InChI=1S/C38H44N4O9S/c1-5-49-37(47)40-19-17-28(18-20-40)41-21-16-26(32(41)43)22-27-23-52(48)34-29(39-36(46)51-38(2,3)4)33(44)42(34)30(27)35(45)50-31(24-12-8-6-9-13-24)25-14-10-7-11-15-25/h6-15,22,28-29,31,34H,5,16-21,23H2,1-4H3,(H,39,46)/b26-22+. The van der Waals surface area contributed by atoms with Crippen molar-refractivity contribution in [2.45, 2.75) is 76.1 Å². The highest BCUT2D eigenvalue weighted by Crippen LogP contribution is 2.39. The van der Waals surface area contributed by atoms with Gasteiger partial charge in [0.05, 0.1) is 23.2 Å². The molecule has 4 heterocycles. The predicted molar refractivity (Wildman–Crippen MR) is 191 cm³/mol. The van der Waals surface area contributed by atoms with Crippen LogP contribution in [-0.2, 0) is 39.4 Å². The van der Waals surface area contributed by atoms with Gasteiger partial charge in [0.25, 0.3) is 5.91 Å². The lowest BCUT2D eigenvalue weighted by atomic mass is 10.00. The van der Waals surface area contributed by atoms with Gasteiger partial charge >= 0.3 is 18.2 Å². The van der Waals surface area contributed by atoms with Crippen LogP contribution in [0.1, 0.15) is 64.2 Å². The third-order valence-corrected chi connectivity index (χ3v) is 11.0. The van der Waals surface area contributed by atoms with Gasteiger partial charge in [-0.25, -0.2) is 14.4 Å². The van der Waals surface area contributed by atoms with E-state index in [0.717, 1.165) is 4.90 Å². The molecule has 3 unspecified atom stereocenters. The summed E-state index contributed by atoms with van der Waals surface area (Å²) in [6, 6.07) is 17.1. The number of likely N-dealkylation sites (tertiary alicyclic amines) is 2. The summed E-state index contributed by atoms with van der Waals surface area (Å²) < 4.78 is 30.5. The van der Waals surface area contributed by atoms with E-state index in [1.807, 2.05) is 60.7 Å². The third-order valence-electron chi connectivity index (χ3n) is 9.39. The molecule has 2 aromatic carbocycles. The number of rotatable bonds is 8. The average molecular weight is 733 g/mol. The van der Waals surface area contributed by atoms with Crippen LogP contribution in [0.4, 0.5) is 9.59 Å². The van der Waals surface area contributed by atoms with Gasteiger partial charge in [-0.15, -0.1) is 0 Å². The lowest BCUT2D eigenvalue weighted by molar-refractivity contribution is -0.153. The third kappa shape index (κ3) is 7.76. The number of piperidine rings is 1. The van der Waals surface area contributed by atoms with Gasteiger partial charge in [-0.3, -0.25) is 18.7 Å². The molecule has 4 aliphatic heterocycles. The summed E-state index contributed by atoms with van der Waals surface area (Å²) in [5.74, 6) is -1.84. The second-order valence-corrected chi connectivity index (χ2v) is 15.6. The Labute approximate surface area is 305 Å². The molecule has 1 N–H and O–H groups in total. The van der Waals surface area contributed by atoms with Gasteiger partial charge in [0, 0.05) is 31.2 Å². The van der Waals surface area contributed by atoms with Crippen LogP contribution >= 0.6 is 0 Å². The van der Waals surface area contributed by atoms with Crippen LogP contribution in [0, 0.1) is 0 Å². The Hall–Kier alpha value is -4.98. The van der Waals surface area contributed by atoms with E-state index in [4.69, 9.17) is 14.2 Å². The van der Waals surface area contributed by atoms with Crippen LogP contribution in [0.5, 0.6) is 0 Å². The molecule has 0 bridgehead atoms. The van der Waals surface area contributed by atoms with E-state index in [1.54, 1.807) is 43.6 Å². The number of esters is 1. The SMILES string of the molecule is CCOC(=O)N1CCC(N2CC/C(=C\C3=C(C(=O)OC(c4ccccc4)c4ccccc4)N4C(=O)C(NC(=O)OC(C)(C)C)C4S(=O)C3)C2=O)CC1. The molecule has 3 fully saturated rings. The number of hydrogen-bond donors (Lipinski definition) is 1. The summed E-state index contributed by atoms with van der Waals surface area (Å²) in [7, 11) is -1.75. The van der Waals surface area contributed by atoms with Crippen LogP contribution in [0.15, 0.2) is 83.6 Å². The summed E-state index contributed by atoms with van der Waals surface area (Å²) in [6.45, 7) is 8.48. The number of nitrogens with zero attached hydrogens (tertiary/aromatic N) is 3. The van der Waals surface area contributed by atoms with Crippen LogP contribution in [0.2, 0.25) is 0 Å². The number of benzene rings is 2. The molecule has 276 valence electrons. The minimum atomic E-state index is -1.75. The molecule has 14 heteroatoms. The van der Waals surface area contributed by atoms with E-state index in [2.05, 4.69) is 5.32 Å². The number of ether oxygens (including phenoxy) is 3. The average Bonchev–Trinajstić information content (AvgIpc) is 3.48. The van der Waals surface area contributed by atoms with Crippen molar-refractivity contribution in [3.05, 3.63) is 94.7 Å². The molecule has 0 radical (unpaired) electrons. The normalized spacial score (nSPS) is 23.1. The number of fused-ring (bicyclic) bond motifs is 1. The first-order valence-electron chi connectivity index (χ1n) is 17.5. The van der Waals surface area contributed by atoms with Crippen molar-refractivity contribution in [1.82, 2.24) is 20.0 Å². The molecule has 3 saturated heterocycles. The van der Waals surface area contributed by atoms with Crippen LogP contribution in [-0.4, -0.2) is 104 Å². The molecule has 6 rings (SSSR count). The van der Waals surface area contributed by atoms with Crippen molar-refractivity contribution in [1.29, 1.82) is 0 Å². The Morgan fingerprint density at radius 1 is 0.962 bits per heavy atom. The first-order chi connectivity index (χ1) is 24.9. The van der Waals surface area contributed by atoms with Gasteiger partial charge in [-0.1, -0.05) is 60.7 Å². The highest BCUT2D eigenvalue weighted by atomic mass is 32.2. The molecule has 4 aliphatic rings. The van der Waals surface area contributed by atoms with Crippen molar-refractivity contribution < 1.29 is 42.4 Å². The Morgan fingerprint density at radius 3 is 2.15 bits per heavy atom. The maximum absolute atomic E-state index is 14.4. The molecular weight excluding hydrogens is 689 g/mol. The molecule has 3 atom stereocenters. The Morgan fingerprint density at radius 2 is 1.58 bits per heavy atom. The van der Waals surface area contributed by atoms with Crippen molar-refractivity contribution >= 4 is 40.8 Å². The summed E-state index contributed by atoms with van der Waals surface area (Å²) in [5, 5.41) is 1.49. The zero-order valence-electron chi connectivity index (χ0n) is 29.7. The fourth-order valence-corrected chi connectivity index (χ4v) is 8.62. The van der Waals surface area contributed by atoms with E-state index in [-0.39, 0.29) is 41.7 Å². The minimum Gasteiger partial charge on any atom is -0.450 e. The summed E-state index contributed by atoms with van der Waals surface area (Å²) in [5.41, 5.74) is 1.12.